The zero-order valence-electron chi connectivity index (χ0n) is 14.9. The van der Waals surface area contributed by atoms with Crippen molar-refractivity contribution in [1.82, 2.24) is 4.90 Å². The van der Waals surface area contributed by atoms with Crippen molar-refractivity contribution in [1.29, 1.82) is 0 Å². The molecule has 26 heavy (non-hydrogen) atoms. The Labute approximate surface area is 151 Å². The largest absolute Gasteiger partial charge is 0.497 e. The Balaban J connectivity index is 1.85. The van der Waals surface area contributed by atoms with E-state index >= 15 is 0 Å². The summed E-state index contributed by atoms with van der Waals surface area (Å²) in [6.07, 6.45) is 0. The van der Waals surface area contributed by atoms with Gasteiger partial charge in [0, 0.05) is 24.4 Å². The van der Waals surface area contributed by atoms with Crippen molar-refractivity contribution >= 4 is 17.4 Å². The summed E-state index contributed by atoms with van der Waals surface area (Å²) in [6.45, 7) is 2.31. The van der Waals surface area contributed by atoms with E-state index in [0.717, 1.165) is 5.75 Å². The molecule has 8 nitrogen and oxygen atoms in total. The highest BCUT2D eigenvalue weighted by Gasteiger charge is 2.14. The van der Waals surface area contributed by atoms with Gasteiger partial charge in [0.1, 0.15) is 18.1 Å². The Hall–Kier alpha value is -3.29. The third-order valence-corrected chi connectivity index (χ3v) is 3.76. The molecule has 0 bridgehead atoms. The number of benzene rings is 2. The van der Waals surface area contributed by atoms with Crippen molar-refractivity contribution in [2.75, 3.05) is 32.6 Å². The lowest BCUT2D eigenvalue weighted by atomic mass is 10.2. The molecular weight excluding hydrogens is 338 g/mol. The van der Waals surface area contributed by atoms with Crippen LogP contribution in [0.2, 0.25) is 0 Å². The second-order valence-electron chi connectivity index (χ2n) is 5.63. The van der Waals surface area contributed by atoms with Crippen LogP contribution in [-0.4, -0.2) is 43.2 Å². The van der Waals surface area contributed by atoms with E-state index < -0.39 is 4.92 Å². The van der Waals surface area contributed by atoms with E-state index in [9.17, 15) is 14.9 Å². The number of nitro groups is 1. The Morgan fingerprint density at radius 3 is 2.46 bits per heavy atom. The first-order valence-electron chi connectivity index (χ1n) is 7.94. The summed E-state index contributed by atoms with van der Waals surface area (Å²) in [5.74, 6) is 1.41. The topological polar surface area (TPSA) is 93.9 Å². The number of nitrogens with zero attached hydrogens (tertiary/aromatic N) is 2. The molecule has 2 aromatic carbocycles. The van der Waals surface area contributed by atoms with Gasteiger partial charge in [-0.3, -0.25) is 10.1 Å². The second-order valence-corrected chi connectivity index (χ2v) is 5.63. The van der Waals surface area contributed by atoms with Gasteiger partial charge in [0.25, 0.3) is 5.69 Å². The Bertz CT molecular complexity index is 777. The summed E-state index contributed by atoms with van der Waals surface area (Å²) < 4.78 is 10.6. The van der Waals surface area contributed by atoms with Crippen LogP contribution < -0.4 is 14.8 Å². The van der Waals surface area contributed by atoms with Crippen molar-refractivity contribution in [2.45, 2.75) is 6.92 Å². The highest BCUT2D eigenvalue weighted by molar-refractivity contribution is 5.89. The molecule has 1 N–H and O–H groups in total. The molecule has 0 aromatic heterocycles. The molecule has 0 unspecified atom stereocenters. The summed E-state index contributed by atoms with van der Waals surface area (Å²) in [5, 5.41) is 13.6. The van der Waals surface area contributed by atoms with E-state index in [-0.39, 0.29) is 11.7 Å². The highest BCUT2D eigenvalue weighted by atomic mass is 16.6. The molecule has 0 aliphatic heterocycles. The third kappa shape index (κ3) is 5.10. The minimum absolute atomic E-state index is 0.0340. The molecule has 2 aromatic rings. The zero-order valence-corrected chi connectivity index (χ0v) is 14.9. The van der Waals surface area contributed by atoms with E-state index in [2.05, 4.69) is 5.32 Å². The Morgan fingerprint density at radius 2 is 1.85 bits per heavy atom. The molecule has 138 valence electrons. The second kappa shape index (κ2) is 8.70. The fourth-order valence-electron chi connectivity index (χ4n) is 2.18. The van der Waals surface area contributed by atoms with Gasteiger partial charge in [-0.05, 0) is 37.3 Å². The zero-order chi connectivity index (χ0) is 19.1. The van der Waals surface area contributed by atoms with Crippen LogP contribution in [0.4, 0.5) is 16.2 Å². The van der Waals surface area contributed by atoms with Crippen molar-refractivity contribution < 1.29 is 19.2 Å². The Morgan fingerprint density at radius 1 is 1.19 bits per heavy atom. The van der Waals surface area contributed by atoms with Crippen LogP contribution in [0, 0.1) is 17.0 Å². The molecule has 0 radical (unpaired) electrons. The fourth-order valence-corrected chi connectivity index (χ4v) is 2.18. The molecule has 2 amide bonds. The maximum Gasteiger partial charge on any atom is 0.321 e. The average molecular weight is 359 g/mol. The predicted molar refractivity (Wildman–Crippen MR) is 98.0 cm³/mol. The lowest BCUT2D eigenvalue weighted by Crippen LogP contribution is -2.34. The van der Waals surface area contributed by atoms with Crippen molar-refractivity contribution in [3.05, 3.63) is 58.1 Å². The molecule has 0 spiro atoms. The van der Waals surface area contributed by atoms with Crippen molar-refractivity contribution in [3.8, 4) is 11.5 Å². The first kappa shape index (κ1) is 19.0. The maximum atomic E-state index is 12.2. The van der Waals surface area contributed by atoms with E-state index in [1.807, 2.05) is 0 Å². The van der Waals surface area contributed by atoms with Crippen LogP contribution in [0.5, 0.6) is 11.5 Å². The number of hydrogen-bond donors (Lipinski definition) is 1. The van der Waals surface area contributed by atoms with Crippen LogP contribution in [0.25, 0.3) is 0 Å². The normalized spacial score (nSPS) is 10.1. The summed E-state index contributed by atoms with van der Waals surface area (Å²) in [6, 6.07) is 11.3. The molecular formula is C18H21N3O5. The maximum absolute atomic E-state index is 12.2. The molecule has 0 aliphatic rings. The number of rotatable bonds is 7. The number of hydrogen-bond acceptors (Lipinski definition) is 5. The number of anilines is 1. The van der Waals surface area contributed by atoms with E-state index in [1.54, 1.807) is 57.5 Å². The highest BCUT2D eigenvalue weighted by Crippen LogP contribution is 2.22. The van der Waals surface area contributed by atoms with Crippen molar-refractivity contribution in [2.24, 2.45) is 0 Å². The molecule has 0 saturated carbocycles. The number of carbonyl (C=O) groups excluding carboxylic acids is 1. The van der Waals surface area contributed by atoms with Gasteiger partial charge in [-0.1, -0.05) is 6.07 Å². The molecule has 0 heterocycles. The predicted octanol–water partition coefficient (Wildman–Crippen LogP) is 3.45. The number of likely N-dealkylation sites (N-methyl/N-ethyl adjacent to an activating group) is 1. The molecule has 0 saturated heterocycles. The summed E-state index contributed by atoms with van der Waals surface area (Å²) in [7, 11) is 3.21. The van der Waals surface area contributed by atoms with Crippen LogP contribution >= 0.6 is 0 Å². The first-order chi connectivity index (χ1) is 12.4. The van der Waals surface area contributed by atoms with Crippen LogP contribution in [0.1, 0.15) is 5.56 Å². The average Bonchev–Trinajstić information content (AvgIpc) is 2.63. The molecule has 2 rings (SSSR count). The summed E-state index contributed by atoms with van der Waals surface area (Å²) >= 11 is 0. The number of nitrogens with one attached hydrogen (secondary N) is 1. The number of methoxy groups -OCH3 is 1. The van der Waals surface area contributed by atoms with Gasteiger partial charge in [0.05, 0.1) is 18.6 Å². The number of amides is 2. The number of ether oxygens (including phenoxy) is 2. The van der Waals surface area contributed by atoms with Gasteiger partial charge in [0.2, 0.25) is 0 Å². The SMILES string of the molecule is COc1ccc(OCCN(C)C(=O)Nc2ccc(C)c([N+](=O)[O-])c2)cc1. The molecule has 8 heteroatoms. The van der Waals surface area contributed by atoms with Gasteiger partial charge in [0.15, 0.2) is 0 Å². The lowest BCUT2D eigenvalue weighted by molar-refractivity contribution is -0.385. The number of urea groups is 1. The molecule has 0 fully saturated rings. The number of carbonyl (C=O) groups is 1. The quantitative estimate of drug-likeness (QED) is 0.603. The van der Waals surface area contributed by atoms with E-state index in [4.69, 9.17) is 9.47 Å². The monoisotopic (exact) mass is 359 g/mol. The molecule has 0 atom stereocenters. The van der Waals surface area contributed by atoms with Gasteiger partial charge >= 0.3 is 6.03 Å². The number of nitro benzene ring substituents is 1. The Kier molecular flexibility index (Phi) is 6.37. The van der Waals surface area contributed by atoms with Crippen LogP contribution in [-0.2, 0) is 0 Å². The van der Waals surface area contributed by atoms with E-state index in [0.29, 0.717) is 30.2 Å². The summed E-state index contributed by atoms with van der Waals surface area (Å²) in [5.41, 5.74) is 0.873. The van der Waals surface area contributed by atoms with E-state index in [1.165, 1.54) is 11.0 Å². The first-order valence-corrected chi connectivity index (χ1v) is 7.94. The van der Waals surface area contributed by atoms with Crippen LogP contribution in [0.3, 0.4) is 0 Å². The minimum atomic E-state index is -0.475. The van der Waals surface area contributed by atoms with Gasteiger partial charge in [-0.2, -0.15) is 0 Å². The van der Waals surface area contributed by atoms with Gasteiger partial charge in [-0.25, -0.2) is 4.79 Å². The summed E-state index contributed by atoms with van der Waals surface area (Å²) in [4.78, 5) is 24.1. The standard InChI is InChI=1S/C18H21N3O5/c1-13-4-5-14(12-17(13)21(23)24)19-18(22)20(2)10-11-26-16-8-6-15(25-3)7-9-16/h4-9,12H,10-11H2,1-3H3,(H,19,22). The van der Waals surface area contributed by atoms with Gasteiger partial charge in [-0.15, -0.1) is 0 Å². The number of aryl methyl sites for hydroxylation is 1. The smallest absolute Gasteiger partial charge is 0.321 e. The molecule has 0 aliphatic carbocycles. The third-order valence-electron chi connectivity index (χ3n) is 3.76. The minimum Gasteiger partial charge on any atom is -0.497 e. The van der Waals surface area contributed by atoms with Crippen molar-refractivity contribution in [3.63, 3.8) is 0 Å². The lowest BCUT2D eigenvalue weighted by Gasteiger charge is -2.18. The van der Waals surface area contributed by atoms with Gasteiger partial charge < -0.3 is 19.7 Å². The fraction of sp³-hybridized carbons (Fsp3) is 0.278. The van der Waals surface area contributed by atoms with Crippen LogP contribution in [0.15, 0.2) is 42.5 Å².